The molecule has 0 unspecified atom stereocenters. The van der Waals surface area contributed by atoms with Gasteiger partial charge in [0, 0.05) is 17.0 Å². The molecular weight excluding hydrogens is 310 g/mol. The van der Waals surface area contributed by atoms with Crippen molar-refractivity contribution in [3.8, 4) is 0 Å². The number of carbonyl (C=O) groups is 2. The van der Waals surface area contributed by atoms with E-state index in [1.807, 2.05) is 0 Å². The molecule has 1 rings (SSSR count). The van der Waals surface area contributed by atoms with Crippen LogP contribution in [0.2, 0.25) is 5.02 Å². The summed E-state index contributed by atoms with van der Waals surface area (Å²) in [5.74, 6) is -0.532. The zero-order valence-corrected chi connectivity index (χ0v) is 13.3. The van der Waals surface area contributed by atoms with Gasteiger partial charge < -0.3 is 0 Å². The molecule has 0 aliphatic rings. The van der Waals surface area contributed by atoms with Crippen LogP contribution < -0.4 is 16.2 Å². The van der Waals surface area contributed by atoms with Gasteiger partial charge in [-0.2, -0.15) is 0 Å². The Kier molecular flexibility index (Phi) is 7.71. The second-order valence-corrected chi connectivity index (χ2v) is 5.27. The summed E-state index contributed by atoms with van der Waals surface area (Å²) in [6.07, 6.45) is 3.31. The Morgan fingerprint density at radius 1 is 1.14 bits per heavy atom. The maximum absolute atomic E-state index is 11.8. The third-order valence-electron chi connectivity index (χ3n) is 2.66. The van der Waals surface area contributed by atoms with Crippen molar-refractivity contribution in [3.63, 3.8) is 0 Å². The quantitative estimate of drug-likeness (QED) is 0.441. The number of rotatable bonds is 5. The van der Waals surface area contributed by atoms with Crippen LogP contribution in [0.1, 0.15) is 43.0 Å². The highest BCUT2D eigenvalue weighted by molar-refractivity contribution is 7.80. The lowest BCUT2D eigenvalue weighted by molar-refractivity contribution is -0.121. The molecule has 0 saturated heterocycles. The molecule has 1 aromatic carbocycles. The highest BCUT2D eigenvalue weighted by Crippen LogP contribution is 2.09. The predicted octanol–water partition coefficient (Wildman–Crippen LogP) is 2.56. The number of hydrogen-bond donors (Lipinski definition) is 3. The highest BCUT2D eigenvalue weighted by atomic mass is 35.5. The lowest BCUT2D eigenvalue weighted by Gasteiger charge is -2.10. The van der Waals surface area contributed by atoms with E-state index in [9.17, 15) is 9.59 Å². The van der Waals surface area contributed by atoms with Crippen LogP contribution in [0.15, 0.2) is 24.3 Å². The molecule has 0 fully saturated rings. The number of unbranched alkanes of at least 4 members (excludes halogenated alkanes) is 2. The minimum Gasteiger partial charge on any atom is -0.298 e. The van der Waals surface area contributed by atoms with Crippen LogP contribution >= 0.6 is 23.8 Å². The number of halogens is 1. The largest absolute Gasteiger partial charge is 0.298 e. The molecule has 0 aliphatic carbocycles. The third-order valence-corrected chi connectivity index (χ3v) is 3.11. The van der Waals surface area contributed by atoms with Crippen LogP contribution in [0.4, 0.5) is 0 Å². The molecule has 0 spiro atoms. The Morgan fingerprint density at radius 2 is 1.81 bits per heavy atom. The van der Waals surface area contributed by atoms with Gasteiger partial charge in [-0.15, -0.1) is 0 Å². The fraction of sp³-hybridized carbons (Fsp3) is 0.357. The summed E-state index contributed by atoms with van der Waals surface area (Å²) < 4.78 is 0. The molecule has 0 aliphatic heterocycles. The average molecular weight is 328 g/mol. The summed E-state index contributed by atoms with van der Waals surface area (Å²) in [7, 11) is 0. The summed E-state index contributed by atoms with van der Waals surface area (Å²) in [5.41, 5.74) is 5.37. The van der Waals surface area contributed by atoms with Crippen molar-refractivity contribution in [1.82, 2.24) is 16.2 Å². The van der Waals surface area contributed by atoms with Crippen molar-refractivity contribution in [2.75, 3.05) is 0 Å². The van der Waals surface area contributed by atoms with Gasteiger partial charge in [-0.1, -0.05) is 31.4 Å². The number of amides is 2. The van der Waals surface area contributed by atoms with Crippen LogP contribution in [-0.4, -0.2) is 16.9 Å². The van der Waals surface area contributed by atoms with Gasteiger partial charge >= 0.3 is 0 Å². The van der Waals surface area contributed by atoms with Gasteiger partial charge in [0.2, 0.25) is 5.91 Å². The van der Waals surface area contributed by atoms with Crippen LogP contribution in [0.3, 0.4) is 0 Å². The first-order chi connectivity index (χ1) is 10.0. The lowest BCUT2D eigenvalue weighted by Crippen LogP contribution is -2.48. The fourth-order valence-corrected chi connectivity index (χ4v) is 1.80. The number of hydrazine groups is 1. The van der Waals surface area contributed by atoms with Gasteiger partial charge in [-0.25, -0.2) is 0 Å². The maximum atomic E-state index is 11.8. The number of nitrogens with one attached hydrogen (secondary N) is 3. The molecule has 3 N–H and O–H groups in total. The second-order valence-electron chi connectivity index (χ2n) is 4.42. The molecule has 0 atom stereocenters. The summed E-state index contributed by atoms with van der Waals surface area (Å²) in [5, 5.41) is 3.05. The van der Waals surface area contributed by atoms with E-state index in [2.05, 4.69) is 23.1 Å². The Balaban J connectivity index is 2.31. The standard InChI is InChI=1S/C14H18ClN3O2S/c1-2-3-4-5-12(19)17-18-14(21)16-13(20)10-6-8-11(15)9-7-10/h6-9H,2-5H2,1H3,(H,17,19)(H2,16,18,20,21). The predicted molar refractivity (Wildman–Crippen MR) is 86.9 cm³/mol. The minimum absolute atomic E-state index is 0.0405. The molecule has 1 aromatic rings. The summed E-state index contributed by atoms with van der Waals surface area (Å²) in [4.78, 5) is 23.3. The van der Waals surface area contributed by atoms with E-state index < -0.39 is 0 Å². The summed E-state index contributed by atoms with van der Waals surface area (Å²) in [6.45, 7) is 2.07. The number of hydrogen-bond acceptors (Lipinski definition) is 3. The molecule has 7 heteroatoms. The first-order valence-electron chi connectivity index (χ1n) is 6.68. The topological polar surface area (TPSA) is 70.2 Å². The van der Waals surface area contributed by atoms with Gasteiger partial charge in [0.1, 0.15) is 0 Å². The molecule has 5 nitrogen and oxygen atoms in total. The lowest BCUT2D eigenvalue weighted by atomic mass is 10.2. The van der Waals surface area contributed by atoms with E-state index in [-0.39, 0.29) is 16.9 Å². The van der Waals surface area contributed by atoms with Crippen LogP contribution in [0.5, 0.6) is 0 Å². The molecular formula is C14H18ClN3O2S. The summed E-state index contributed by atoms with van der Waals surface area (Å²) >= 11 is 10.7. The van der Waals surface area contributed by atoms with Gasteiger partial charge in [0.05, 0.1) is 0 Å². The van der Waals surface area contributed by atoms with E-state index in [4.69, 9.17) is 23.8 Å². The third kappa shape index (κ3) is 7.06. The van der Waals surface area contributed by atoms with E-state index >= 15 is 0 Å². The van der Waals surface area contributed by atoms with Gasteiger partial charge in [0.15, 0.2) is 5.11 Å². The van der Waals surface area contributed by atoms with Crippen molar-refractivity contribution >= 4 is 40.7 Å². The average Bonchev–Trinajstić information content (AvgIpc) is 2.46. The van der Waals surface area contributed by atoms with Gasteiger partial charge in [-0.3, -0.25) is 25.8 Å². The Bertz CT molecular complexity index is 505. The monoisotopic (exact) mass is 327 g/mol. The van der Waals surface area contributed by atoms with Crippen molar-refractivity contribution in [1.29, 1.82) is 0 Å². The fourth-order valence-electron chi connectivity index (χ4n) is 1.53. The van der Waals surface area contributed by atoms with Crippen molar-refractivity contribution in [3.05, 3.63) is 34.9 Å². The molecule has 114 valence electrons. The molecule has 0 radical (unpaired) electrons. The number of carbonyl (C=O) groups excluding carboxylic acids is 2. The second kappa shape index (κ2) is 9.31. The Labute approximate surface area is 134 Å². The smallest absolute Gasteiger partial charge is 0.257 e. The van der Waals surface area contributed by atoms with Crippen LogP contribution in [-0.2, 0) is 4.79 Å². The maximum Gasteiger partial charge on any atom is 0.257 e. The zero-order chi connectivity index (χ0) is 15.7. The van der Waals surface area contributed by atoms with E-state index in [1.165, 1.54) is 0 Å². The minimum atomic E-state index is -0.371. The molecule has 0 bridgehead atoms. The molecule has 0 saturated carbocycles. The van der Waals surface area contributed by atoms with Crippen LogP contribution in [0.25, 0.3) is 0 Å². The Morgan fingerprint density at radius 3 is 2.43 bits per heavy atom. The van der Waals surface area contributed by atoms with E-state index in [0.717, 1.165) is 19.3 Å². The van der Waals surface area contributed by atoms with E-state index in [1.54, 1.807) is 24.3 Å². The zero-order valence-electron chi connectivity index (χ0n) is 11.7. The van der Waals surface area contributed by atoms with Crippen LogP contribution in [0, 0.1) is 0 Å². The molecule has 21 heavy (non-hydrogen) atoms. The van der Waals surface area contributed by atoms with Gasteiger partial charge in [0.25, 0.3) is 5.91 Å². The highest BCUT2D eigenvalue weighted by Gasteiger charge is 2.08. The van der Waals surface area contributed by atoms with E-state index in [0.29, 0.717) is 17.0 Å². The normalized spacial score (nSPS) is 9.81. The first-order valence-corrected chi connectivity index (χ1v) is 7.47. The molecule has 2 amide bonds. The van der Waals surface area contributed by atoms with Crippen molar-refractivity contribution < 1.29 is 9.59 Å². The molecule has 0 aromatic heterocycles. The number of thiocarbonyl (C=S) groups is 1. The summed E-state index contributed by atoms with van der Waals surface area (Å²) in [6, 6.07) is 6.40. The first kappa shape index (κ1) is 17.4. The number of benzene rings is 1. The van der Waals surface area contributed by atoms with Crippen molar-refractivity contribution in [2.24, 2.45) is 0 Å². The SMILES string of the molecule is CCCCCC(=O)NNC(=S)NC(=O)c1ccc(Cl)cc1. The Hall–Kier alpha value is -1.66. The molecule has 0 heterocycles. The van der Waals surface area contributed by atoms with Crippen molar-refractivity contribution in [2.45, 2.75) is 32.6 Å². The van der Waals surface area contributed by atoms with Gasteiger partial charge in [-0.05, 0) is 42.9 Å².